The molecule has 9 nitrogen and oxygen atoms in total. The highest BCUT2D eigenvalue weighted by atomic mass is 19.1. The molecule has 0 bridgehead atoms. The number of rotatable bonds is 3. The molecule has 3 heterocycles. The van der Waals surface area contributed by atoms with Crippen LogP contribution in [0.3, 0.4) is 0 Å². The van der Waals surface area contributed by atoms with Crippen molar-refractivity contribution in [3.63, 3.8) is 0 Å². The molecule has 10 heteroatoms. The van der Waals surface area contributed by atoms with Gasteiger partial charge in [0.05, 0.1) is 49.4 Å². The zero-order valence-electron chi connectivity index (χ0n) is 16.5. The van der Waals surface area contributed by atoms with Crippen LogP contribution in [0.4, 0.5) is 14.9 Å². The number of carbonyl (C=O) groups excluding carboxylic acids is 2. The van der Waals surface area contributed by atoms with Crippen molar-refractivity contribution < 1.29 is 28.6 Å². The van der Waals surface area contributed by atoms with Crippen LogP contribution in [-0.4, -0.2) is 57.5 Å². The number of hydrogen-bond donors (Lipinski definition) is 1. The summed E-state index contributed by atoms with van der Waals surface area (Å²) < 4.78 is 20.4. The van der Waals surface area contributed by atoms with E-state index in [9.17, 15) is 23.9 Å². The summed E-state index contributed by atoms with van der Waals surface area (Å²) in [5.41, 5.74) is 1.81. The summed E-state index contributed by atoms with van der Waals surface area (Å²) in [6.45, 7) is 2.54. The maximum absolute atomic E-state index is 13.9. The molecule has 1 aromatic heterocycles. The number of esters is 1. The number of aromatic nitrogens is 2. The number of hydrogen-bond acceptors (Lipinski definition) is 5. The third-order valence-electron chi connectivity index (χ3n) is 5.74. The first kappa shape index (κ1) is 19.9. The summed E-state index contributed by atoms with van der Waals surface area (Å²) >= 11 is 0. The first-order chi connectivity index (χ1) is 14.3. The molecule has 0 aliphatic carbocycles. The number of nitrogens with zero attached hydrogens (tertiary/aromatic N) is 4. The third-order valence-corrected chi connectivity index (χ3v) is 5.74. The lowest BCUT2D eigenvalue weighted by molar-refractivity contribution is -0.117. The van der Waals surface area contributed by atoms with E-state index >= 15 is 0 Å². The van der Waals surface area contributed by atoms with E-state index in [1.54, 1.807) is 17.8 Å². The van der Waals surface area contributed by atoms with Crippen LogP contribution in [-0.2, 0) is 22.6 Å². The third kappa shape index (κ3) is 3.27. The van der Waals surface area contributed by atoms with Crippen molar-refractivity contribution in [3.8, 4) is 0 Å². The fourth-order valence-corrected chi connectivity index (χ4v) is 4.18. The molecule has 1 aromatic carbocycles. The lowest BCUT2D eigenvalue weighted by Gasteiger charge is -2.32. The Labute approximate surface area is 171 Å². The van der Waals surface area contributed by atoms with Gasteiger partial charge in [0.15, 0.2) is 0 Å². The van der Waals surface area contributed by atoms with E-state index in [0.717, 1.165) is 0 Å². The van der Waals surface area contributed by atoms with E-state index in [0.29, 0.717) is 23.5 Å². The van der Waals surface area contributed by atoms with Gasteiger partial charge >= 0.3 is 12.1 Å². The van der Waals surface area contributed by atoms with Gasteiger partial charge in [-0.05, 0) is 30.7 Å². The maximum Gasteiger partial charge on any atom is 0.407 e. The highest BCUT2D eigenvalue weighted by Gasteiger charge is 2.38. The summed E-state index contributed by atoms with van der Waals surface area (Å²) in [4.78, 5) is 39.3. The first-order valence-corrected chi connectivity index (χ1v) is 9.52. The van der Waals surface area contributed by atoms with Gasteiger partial charge in [0.25, 0.3) is 0 Å². The first-order valence-electron chi connectivity index (χ1n) is 9.52. The fraction of sp³-hybridized carbons (Fsp3) is 0.400. The lowest BCUT2D eigenvalue weighted by Crippen LogP contribution is -2.44. The topological polar surface area (TPSA) is 105 Å². The molecule has 2 atom stereocenters. The Hall–Kier alpha value is -3.43. The molecule has 0 spiro atoms. The van der Waals surface area contributed by atoms with Crippen LogP contribution in [0.1, 0.15) is 40.9 Å². The van der Waals surface area contributed by atoms with E-state index in [2.05, 4.69) is 5.10 Å². The molecule has 158 valence electrons. The number of halogens is 1. The van der Waals surface area contributed by atoms with Crippen LogP contribution in [0.25, 0.3) is 0 Å². The Kier molecular flexibility index (Phi) is 4.92. The normalized spacial score (nSPS) is 21.0. The number of methoxy groups -OCH3 is 1. The van der Waals surface area contributed by atoms with Crippen molar-refractivity contribution in [2.75, 3.05) is 18.6 Å². The Balaban J connectivity index is 1.65. The standard InChI is InChI=1S/C20H21FN4O5/c1-11-8-25-17(10-23(11)20(28)29)16(7-22-25)24-9-12(5-18(24)26)15-6-13(21)3-4-14(15)19(27)30-2/h3-4,6-7,11-12H,5,8-10H2,1-2H3,(H,28,29)/t11-,12?/m0/s1. The Morgan fingerprint density at radius 3 is 2.77 bits per heavy atom. The highest BCUT2D eigenvalue weighted by Crippen LogP contribution is 2.36. The van der Waals surface area contributed by atoms with Crippen molar-refractivity contribution >= 4 is 23.7 Å². The molecule has 30 heavy (non-hydrogen) atoms. The summed E-state index contributed by atoms with van der Waals surface area (Å²) in [5.74, 6) is -1.70. The SMILES string of the molecule is COC(=O)c1ccc(F)cc1C1CC(=O)N(c2cnn3c2CN(C(=O)O)[C@@H](C)C3)C1. The van der Waals surface area contributed by atoms with E-state index in [1.165, 1.54) is 35.1 Å². The van der Waals surface area contributed by atoms with Crippen LogP contribution < -0.4 is 4.90 Å². The summed E-state index contributed by atoms with van der Waals surface area (Å²) in [6.07, 6.45) is 0.617. The Bertz CT molecular complexity index is 1040. The average Bonchev–Trinajstić information content (AvgIpc) is 3.29. The van der Waals surface area contributed by atoms with Crippen molar-refractivity contribution in [2.45, 2.75) is 38.4 Å². The van der Waals surface area contributed by atoms with Gasteiger partial charge in [-0.2, -0.15) is 5.10 Å². The van der Waals surface area contributed by atoms with Gasteiger partial charge in [-0.25, -0.2) is 14.0 Å². The van der Waals surface area contributed by atoms with Crippen molar-refractivity contribution in [1.82, 2.24) is 14.7 Å². The minimum Gasteiger partial charge on any atom is -0.465 e. The molecule has 1 saturated heterocycles. The minimum absolute atomic E-state index is 0.0944. The number of ether oxygens (including phenoxy) is 1. The molecule has 1 fully saturated rings. The van der Waals surface area contributed by atoms with Gasteiger partial charge in [0, 0.05) is 18.9 Å². The van der Waals surface area contributed by atoms with Crippen LogP contribution in [0.2, 0.25) is 0 Å². The average molecular weight is 416 g/mol. The van der Waals surface area contributed by atoms with Gasteiger partial charge in [-0.15, -0.1) is 0 Å². The molecule has 4 rings (SSSR count). The Morgan fingerprint density at radius 1 is 1.30 bits per heavy atom. The number of carboxylic acid groups (broad SMARTS) is 1. The minimum atomic E-state index is -1.03. The number of benzene rings is 1. The number of anilines is 1. The van der Waals surface area contributed by atoms with Crippen LogP contribution >= 0.6 is 0 Å². The number of carbonyl (C=O) groups is 3. The molecule has 1 N–H and O–H groups in total. The largest absolute Gasteiger partial charge is 0.465 e. The van der Waals surface area contributed by atoms with Crippen LogP contribution in [0.5, 0.6) is 0 Å². The molecule has 2 aliphatic rings. The zero-order valence-corrected chi connectivity index (χ0v) is 16.5. The molecule has 0 saturated carbocycles. The van der Waals surface area contributed by atoms with Gasteiger partial charge < -0.3 is 14.7 Å². The van der Waals surface area contributed by atoms with Crippen LogP contribution in [0, 0.1) is 5.82 Å². The molecular formula is C20H21FN4O5. The van der Waals surface area contributed by atoms with Crippen molar-refractivity contribution in [3.05, 3.63) is 47.0 Å². The molecule has 2 aliphatic heterocycles. The van der Waals surface area contributed by atoms with E-state index in [4.69, 9.17) is 4.74 Å². The second kappa shape index (κ2) is 7.43. The van der Waals surface area contributed by atoms with Gasteiger partial charge in [-0.3, -0.25) is 14.4 Å². The zero-order chi connectivity index (χ0) is 21.6. The molecule has 0 radical (unpaired) electrons. The predicted octanol–water partition coefficient (Wildman–Crippen LogP) is 2.21. The summed E-state index contributed by atoms with van der Waals surface area (Å²) in [6, 6.07) is 3.56. The fourth-order valence-electron chi connectivity index (χ4n) is 4.18. The monoisotopic (exact) mass is 416 g/mol. The Morgan fingerprint density at radius 2 is 2.07 bits per heavy atom. The summed E-state index contributed by atoms with van der Waals surface area (Å²) in [5, 5.41) is 13.8. The summed E-state index contributed by atoms with van der Waals surface area (Å²) in [7, 11) is 1.25. The maximum atomic E-state index is 13.9. The molecule has 2 aromatic rings. The van der Waals surface area contributed by atoms with E-state index in [1.807, 2.05) is 0 Å². The van der Waals surface area contributed by atoms with E-state index in [-0.39, 0.29) is 37.0 Å². The molecule has 1 unspecified atom stereocenters. The number of amides is 2. The van der Waals surface area contributed by atoms with E-state index < -0.39 is 23.8 Å². The van der Waals surface area contributed by atoms with Gasteiger partial charge in [0.1, 0.15) is 5.82 Å². The van der Waals surface area contributed by atoms with Crippen molar-refractivity contribution in [2.24, 2.45) is 0 Å². The van der Waals surface area contributed by atoms with Crippen LogP contribution in [0.15, 0.2) is 24.4 Å². The van der Waals surface area contributed by atoms with Crippen molar-refractivity contribution in [1.29, 1.82) is 0 Å². The second-order valence-corrected chi connectivity index (χ2v) is 7.55. The highest BCUT2D eigenvalue weighted by molar-refractivity contribution is 5.98. The second-order valence-electron chi connectivity index (χ2n) is 7.55. The lowest BCUT2D eigenvalue weighted by atomic mass is 9.93. The molecular weight excluding hydrogens is 395 g/mol. The van der Waals surface area contributed by atoms with Gasteiger partial charge in [0.2, 0.25) is 5.91 Å². The number of fused-ring (bicyclic) bond motifs is 1. The quantitative estimate of drug-likeness (QED) is 0.770. The van der Waals surface area contributed by atoms with Gasteiger partial charge in [-0.1, -0.05) is 0 Å². The smallest absolute Gasteiger partial charge is 0.407 e. The molecule has 2 amide bonds. The predicted molar refractivity (Wildman–Crippen MR) is 103 cm³/mol.